The lowest BCUT2D eigenvalue weighted by molar-refractivity contribution is 0.784. The molecular weight excluding hydrogens is 218 g/mol. The molecule has 0 aromatic carbocycles. The molecule has 0 atom stereocenters. The zero-order valence-corrected chi connectivity index (χ0v) is 9.49. The minimum absolute atomic E-state index is 0.501. The van der Waals surface area contributed by atoms with E-state index >= 15 is 0 Å². The smallest absolute Gasteiger partial charge is 0.167 e. The van der Waals surface area contributed by atoms with Gasteiger partial charge in [0, 0.05) is 18.8 Å². The number of nitrogen functional groups attached to an aromatic ring is 1. The Labute approximate surface area is 96.9 Å². The highest BCUT2D eigenvalue weighted by atomic mass is 15.3. The maximum atomic E-state index is 5.73. The SMILES string of the molecule is Cc1cn(-c2ncnc3c2cnn3C)nc1N. The molecule has 7 heteroatoms. The third-order valence-electron chi connectivity index (χ3n) is 2.66. The second-order valence-corrected chi connectivity index (χ2v) is 3.84. The molecule has 0 aliphatic rings. The number of hydrogen-bond donors (Lipinski definition) is 1. The molecule has 3 rings (SSSR count). The first-order valence-electron chi connectivity index (χ1n) is 5.11. The Morgan fingerprint density at radius 1 is 1.29 bits per heavy atom. The van der Waals surface area contributed by atoms with Gasteiger partial charge in [-0.05, 0) is 6.92 Å². The Balaban J connectivity index is 2.30. The van der Waals surface area contributed by atoms with Crippen LogP contribution in [-0.4, -0.2) is 29.5 Å². The van der Waals surface area contributed by atoms with Crippen LogP contribution >= 0.6 is 0 Å². The van der Waals surface area contributed by atoms with Gasteiger partial charge in [-0.1, -0.05) is 0 Å². The number of nitrogens with zero attached hydrogens (tertiary/aromatic N) is 6. The number of anilines is 1. The van der Waals surface area contributed by atoms with Gasteiger partial charge < -0.3 is 5.73 Å². The fourth-order valence-corrected chi connectivity index (χ4v) is 1.71. The quantitative estimate of drug-likeness (QED) is 0.654. The summed E-state index contributed by atoms with van der Waals surface area (Å²) in [5, 5.41) is 9.20. The fraction of sp³-hybridized carbons (Fsp3) is 0.200. The van der Waals surface area contributed by atoms with Crippen molar-refractivity contribution in [2.75, 3.05) is 5.73 Å². The minimum Gasteiger partial charge on any atom is -0.382 e. The monoisotopic (exact) mass is 229 g/mol. The summed E-state index contributed by atoms with van der Waals surface area (Å²) in [4.78, 5) is 8.40. The predicted molar refractivity (Wildman–Crippen MR) is 62.6 cm³/mol. The highest BCUT2D eigenvalue weighted by molar-refractivity contribution is 5.81. The van der Waals surface area contributed by atoms with E-state index in [1.807, 2.05) is 20.2 Å². The molecule has 0 saturated carbocycles. The van der Waals surface area contributed by atoms with Crippen LogP contribution in [-0.2, 0) is 7.05 Å². The molecule has 3 aromatic heterocycles. The molecule has 2 N–H and O–H groups in total. The number of aromatic nitrogens is 6. The third kappa shape index (κ3) is 1.36. The molecule has 0 aliphatic carbocycles. The van der Waals surface area contributed by atoms with Crippen molar-refractivity contribution in [1.82, 2.24) is 29.5 Å². The van der Waals surface area contributed by atoms with Crippen LogP contribution in [0.25, 0.3) is 16.9 Å². The van der Waals surface area contributed by atoms with Crippen LogP contribution in [0, 0.1) is 6.92 Å². The Morgan fingerprint density at radius 3 is 2.82 bits per heavy atom. The fourth-order valence-electron chi connectivity index (χ4n) is 1.71. The maximum absolute atomic E-state index is 5.73. The molecule has 17 heavy (non-hydrogen) atoms. The van der Waals surface area contributed by atoms with Crippen molar-refractivity contribution in [3.8, 4) is 5.82 Å². The van der Waals surface area contributed by atoms with Gasteiger partial charge in [0.25, 0.3) is 0 Å². The Hall–Kier alpha value is -2.44. The van der Waals surface area contributed by atoms with Gasteiger partial charge in [-0.15, -0.1) is 5.10 Å². The molecule has 0 amide bonds. The normalized spacial score (nSPS) is 11.2. The molecule has 0 spiro atoms. The van der Waals surface area contributed by atoms with E-state index in [4.69, 9.17) is 5.73 Å². The predicted octanol–water partition coefficient (Wildman–Crippen LogP) is 0.440. The van der Waals surface area contributed by atoms with Crippen LogP contribution < -0.4 is 5.73 Å². The summed E-state index contributed by atoms with van der Waals surface area (Å²) in [6, 6.07) is 0. The molecule has 3 heterocycles. The molecule has 0 aliphatic heterocycles. The highest BCUT2D eigenvalue weighted by Crippen LogP contribution is 2.18. The molecule has 0 saturated heterocycles. The van der Waals surface area contributed by atoms with E-state index in [0.717, 1.165) is 16.6 Å². The van der Waals surface area contributed by atoms with E-state index in [1.54, 1.807) is 15.6 Å². The standard InChI is InChI=1S/C10H11N7/c1-6-4-17(15-8(6)11)10-7-3-14-16(2)9(7)12-5-13-10/h3-5H,1-2H3,(H2,11,15). The zero-order valence-electron chi connectivity index (χ0n) is 9.49. The number of rotatable bonds is 1. The van der Waals surface area contributed by atoms with Crippen LogP contribution in [0.5, 0.6) is 0 Å². The summed E-state index contributed by atoms with van der Waals surface area (Å²) in [5.74, 6) is 1.18. The Bertz CT molecular complexity index is 674. The minimum atomic E-state index is 0.501. The third-order valence-corrected chi connectivity index (χ3v) is 2.66. The summed E-state index contributed by atoms with van der Waals surface area (Å²) < 4.78 is 3.34. The second-order valence-electron chi connectivity index (χ2n) is 3.84. The zero-order chi connectivity index (χ0) is 12.0. The Morgan fingerprint density at radius 2 is 2.12 bits per heavy atom. The van der Waals surface area contributed by atoms with E-state index < -0.39 is 0 Å². The molecular formula is C10H11N7. The number of aryl methyl sites for hydroxylation is 2. The molecule has 0 radical (unpaired) electrons. The lowest BCUT2D eigenvalue weighted by Gasteiger charge is -2.00. The average Bonchev–Trinajstić information content (AvgIpc) is 2.84. The second kappa shape index (κ2) is 3.27. The summed E-state index contributed by atoms with van der Waals surface area (Å²) in [5.41, 5.74) is 7.41. The van der Waals surface area contributed by atoms with Gasteiger partial charge in [0.2, 0.25) is 0 Å². The van der Waals surface area contributed by atoms with E-state index in [9.17, 15) is 0 Å². The van der Waals surface area contributed by atoms with Crippen molar-refractivity contribution in [2.24, 2.45) is 7.05 Å². The number of nitrogens with two attached hydrogens (primary N) is 1. The molecule has 0 fully saturated rings. The highest BCUT2D eigenvalue weighted by Gasteiger charge is 2.11. The summed E-state index contributed by atoms with van der Waals surface area (Å²) in [6.07, 6.45) is 5.05. The van der Waals surface area contributed by atoms with E-state index in [0.29, 0.717) is 11.6 Å². The lowest BCUT2D eigenvalue weighted by Crippen LogP contribution is -2.01. The van der Waals surface area contributed by atoms with Crippen molar-refractivity contribution < 1.29 is 0 Å². The van der Waals surface area contributed by atoms with Crippen LogP contribution in [0.2, 0.25) is 0 Å². The van der Waals surface area contributed by atoms with Gasteiger partial charge >= 0.3 is 0 Å². The Kier molecular flexibility index (Phi) is 1.88. The van der Waals surface area contributed by atoms with Crippen LogP contribution in [0.1, 0.15) is 5.56 Å². The maximum Gasteiger partial charge on any atom is 0.167 e. The van der Waals surface area contributed by atoms with Crippen molar-refractivity contribution in [2.45, 2.75) is 6.92 Å². The largest absolute Gasteiger partial charge is 0.382 e. The molecule has 0 unspecified atom stereocenters. The molecule has 86 valence electrons. The topological polar surface area (TPSA) is 87.4 Å². The van der Waals surface area contributed by atoms with Crippen molar-refractivity contribution >= 4 is 16.9 Å². The van der Waals surface area contributed by atoms with Gasteiger partial charge in [-0.25, -0.2) is 14.6 Å². The van der Waals surface area contributed by atoms with Crippen molar-refractivity contribution in [1.29, 1.82) is 0 Å². The number of fused-ring (bicyclic) bond motifs is 1. The van der Waals surface area contributed by atoms with Crippen LogP contribution in [0.4, 0.5) is 5.82 Å². The first-order valence-corrected chi connectivity index (χ1v) is 5.11. The molecule has 3 aromatic rings. The average molecular weight is 229 g/mol. The van der Waals surface area contributed by atoms with Crippen molar-refractivity contribution in [3.05, 3.63) is 24.3 Å². The number of hydrogen-bond acceptors (Lipinski definition) is 5. The van der Waals surface area contributed by atoms with Crippen LogP contribution in [0.15, 0.2) is 18.7 Å². The van der Waals surface area contributed by atoms with E-state index in [1.165, 1.54) is 6.33 Å². The first-order chi connectivity index (χ1) is 8.16. The van der Waals surface area contributed by atoms with Gasteiger partial charge in [0.15, 0.2) is 11.5 Å². The van der Waals surface area contributed by atoms with Gasteiger partial charge in [0.1, 0.15) is 12.1 Å². The summed E-state index contributed by atoms with van der Waals surface area (Å²) in [7, 11) is 1.84. The van der Waals surface area contributed by atoms with Gasteiger partial charge in [-0.2, -0.15) is 5.10 Å². The van der Waals surface area contributed by atoms with Gasteiger partial charge in [-0.3, -0.25) is 4.68 Å². The van der Waals surface area contributed by atoms with E-state index in [-0.39, 0.29) is 0 Å². The lowest BCUT2D eigenvalue weighted by atomic mass is 10.4. The molecule has 7 nitrogen and oxygen atoms in total. The van der Waals surface area contributed by atoms with Crippen molar-refractivity contribution in [3.63, 3.8) is 0 Å². The van der Waals surface area contributed by atoms with E-state index in [2.05, 4.69) is 20.2 Å². The summed E-state index contributed by atoms with van der Waals surface area (Å²) in [6.45, 7) is 1.90. The van der Waals surface area contributed by atoms with Gasteiger partial charge in [0.05, 0.1) is 11.6 Å². The molecule has 0 bridgehead atoms. The van der Waals surface area contributed by atoms with Crippen LogP contribution in [0.3, 0.4) is 0 Å². The summed E-state index contributed by atoms with van der Waals surface area (Å²) >= 11 is 0. The first kappa shape index (κ1) is 9.76.